The molecule has 4 rings (SSSR count). The Balaban J connectivity index is 1.35. The van der Waals surface area contributed by atoms with Crippen molar-refractivity contribution in [3.05, 3.63) is 18.6 Å². The quantitative estimate of drug-likeness (QED) is 0.919. The van der Waals surface area contributed by atoms with Crippen LogP contribution in [0.15, 0.2) is 18.6 Å². The molecule has 6 heteroatoms. The molecule has 1 saturated carbocycles. The molecule has 130 valence electrons. The van der Waals surface area contributed by atoms with Gasteiger partial charge in [-0.3, -0.25) is 14.7 Å². The molecule has 3 fully saturated rings. The van der Waals surface area contributed by atoms with E-state index in [-0.39, 0.29) is 11.8 Å². The van der Waals surface area contributed by atoms with E-state index in [9.17, 15) is 4.79 Å². The van der Waals surface area contributed by atoms with Crippen LogP contribution in [-0.4, -0.2) is 52.6 Å². The standard InChI is InChI=1S/C18H26N4O2/c23-18(21-17-10-19-6-7-20-17)14-9-13-11-22(15-3-1-2-4-15)8-5-16(13)24-12-14/h6-7,10,13-16H,1-5,8-9,11-12H2,(H,20,21,23)/t13-,14-,16+/m1/s1. The van der Waals surface area contributed by atoms with Gasteiger partial charge in [-0.15, -0.1) is 0 Å². The second-order valence-corrected chi connectivity index (χ2v) is 7.37. The Morgan fingerprint density at radius 2 is 2.12 bits per heavy atom. The topological polar surface area (TPSA) is 67.3 Å². The summed E-state index contributed by atoms with van der Waals surface area (Å²) in [6.45, 7) is 2.77. The summed E-state index contributed by atoms with van der Waals surface area (Å²) in [5, 5.41) is 2.87. The average Bonchev–Trinajstić information content (AvgIpc) is 3.16. The summed E-state index contributed by atoms with van der Waals surface area (Å²) in [6.07, 6.45) is 12.6. The van der Waals surface area contributed by atoms with E-state index in [1.54, 1.807) is 18.6 Å². The van der Waals surface area contributed by atoms with Gasteiger partial charge in [0.25, 0.3) is 0 Å². The molecule has 1 aliphatic carbocycles. The van der Waals surface area contributed by atoms with Gasteiger partial charge in [-0.25, -0.2) is 4.98 Å². The normalized spacial score (nSPS) is 31.6. The zero-order chi connectivity index (χ0) is 16.4. The summed E-state index contributed by atoms with van der Waals surface area (Å²) in [5.41, 5.74) is 0. The Labute approximate surface area is 143 Å². The molecule has 0 aromatic carbocycles. The molecule has 6 nitrogen and oxygen atoms in total. The van der Waals surface area contributed by atoms with Crippen molar-refractivity contribution < 1.29 is 9.53 Å². The van der Waals surface area contributed by atoms with Crippen molar-refractivity contribution >= 4 is 11.7 Å². The van der Waals surface area contributed by atoms with Gasteiger partial charge in [-0.05, 0) is 31.6 Å². The largest absolute Gasteiger partial charge is 0.377 e. The van der Waals surface area contributed by atoms with Crippen LogP contribution in [0.25, 0.3) is 0 Å². The number of piperidine rings is 1. The fraction of sp³-hybridized carbons (Fsp3) is 0.722. The fourth-order valence-electron chi connectivity index (χ4n) is 4.53. The number of fused-ring (bicyclic) bond motifs is 1. The lowest BCUT2D eigenvalue weighted by Crippen LogP contribution is -2.52. The molecule has 0 unspecified atom stereocenters. The number of carbonyl (C=O) groups excluding carboxylic acids is 1. The first-order valence-corrected chi connectivity index (χ1v) is 9.22. The van der Waals surface area contributed by atoms with E-state index in [1.807, 2.05) is 0 Å². The highest BCUT2D eigenvalue weighted by Gasteiger charge is 2.40. The zero-order valence-electron chi connectivity index (χ0n) is 14.1. The van der Waals surface area contributed by atoms with Crippen LogP contribution in [0.5, 0.6) is 0 Å². The van der Waals surface area contributed by atoms with Crippen molar-refractivity contribution in [1.82, 2.24) is 14.9 Å². The number of nitrogens with zero attached hydrogens (tertiary/aromatic N) is 3. The van der Waals surface area contributed by atoms with Crippen LogP contribution in [-0.2, 0) is 9.53 Å². The van der Waals surface area contributed by atoms with Gasteiger partial charge >= 0.3 is 0 Å². The van der Waals surface area contributed by atoms with Crippen LogP contribution in [0, 0.1) is 11.8 Å². The first-order valence-electron chi connectivity index (χ1n) is 9.22. The molecule has 3 aliphatic rings. The number of aromatic nitrogens is 2. The van der Waals surface area contributed by atoms with E-state index in [0.717, 1.165) is 32.0 Å². The maximum Gasteiger partial charge on any atom is 0.231 e. The van der Waals surface area contributed by atoms with E-state index < -0.39 is 0 Å². The highest BCUT2D eigenvalue weighted by molar-refractivity contribution is 5.91. The predicted molar refractivity (Wildman–Crippen MR) is 90.4 cm³/mol. The molecule has 3 atom stereocenters. The summed E-state index contributed by atoms with van der Waals surface area (Å²) in [5.74, 6) is 0.912. The molecule has 1 aromatic rings. The first kappa shape index (κ1) is 16.0. The minimum atomic E-state index is -0.0863. The SMILES string of the molecule is O=C(Nc1cnccn1)[C@H]1CO[C@H]2CCN(C3CCCC3)C[C@H]2C1. The smallest absolute Gasteiger partial charge is 0.231 e. The van der Waals surface area contributed by atoms with Gasteiger partial charge in [0, 0.05) is 31.5 Å². The van der Waals surface area contributed by atoms with Crippen molar-refractivity contribution in [3.8, 4) is 0 Å². The minimum Gasteiger partial charge on any atom is -0.377 e. The van der Waals surface area contributed by atoms with Crippen LogP contribution >= 0.6 is 0 Å². The van der Waals surface area contributed by atoms with Gasteiger partial charge < -0.3 is 10.1 Å². The third-order valence-corrected chi connectivity index (χ3v) is 5.82. The van der Waals surface area contributed by atoms with Crippen LogP contribution in [0.3, 0.4) is 0 Å². The molecule has 0 bridgehead atoms. The molecule has 3 heterocycles. The van der Waals surface area contributed by atoms with Gasteiger partial charge in [0.1, 0.15) is 0 Å². The van der Waals surface area contributed by atoms with Crippen molar-refractivity contribution in [1.29, 1.82) is 0 Å². The number of amides is 1. The lowest BCUT2D eigenvalue weighted by atomic mass is 9.82. The monoisotopic (exact) mass is 330 g/mol. The highest BCUT2D eigenvalue weighted by atomic mass is 16.5. The summed E-state index contributed by atoms with van der Waals surface area (Å²) in [7, 11) is 0. The molecular weight excluding hydrogens is 304 g/mol. The summed E-state index contributed by atoms with van der Waals surface area (Å²) >= 11 is 0. The number of hydrogen-bond acceptors (Lipinski definition) is 5. The van der Waals surface area contributed by atoms with E-state index in [4.69, 9.17) is 4.74 Å². The van der Waals surface area contributed by atoms with Crippen molar-refractivity contribution in [2.45, 2.75) is 50.7 Å². The third kappa shape index (κ3) is 3.44. The van der Waals surface area contributed by atoms with E-state index in [1.165, 1.54) is 25.7 Å². The molecule has 2 saturated heterocycles. The Hall–Kier alpha value is -1.53. The zero-order valence-corrected chi connectivity index (χ0v) is 14.1. The van der Waals surface area contributed by atoms with Crippen molar-refractivity contribution in [3.63, 3.8) is 0 Å². The number of ether oxygens (including phenoxy) is 1. The third-order valence-electron chi connectivity index (χ3n) is 5.82. The second kappa shape index (κ2) is 7.15. The van der Waals surface area contributed by atoms with Gasteiger partial charge in [0.05, 0.1) is 24.8 Å². The van der Waals surface area contributed by atoms with Crippen LogP contribution in [0.1, 0.15) is 38.5 Å². The lowest BCUT2D eigenvalue weighted by Gasteiger charge is -2.45. The second-order valence-electron chi connectivity index (χ2n) is 7.37. The predicted octanol–water partition coefficient (Wildman–Crippen LogP) is 2.08. The molecule has 1 aromatic heterocycles. The minimum absolute atomic E-state index is 0.00643. The lowest BCUT2D eigenvalue weighted by molar-refractivity contribution is -0.135. The number of nitrogens with one attached hydrogen (secondary N) is 1. The average molecular weight is 330 g/mol. The first-order chi connectivity index (χ1) is 11.8. The van der Waals surface area contributed by atoms with Crippen LogP contribution in [0.4, 0.5) is 5.82 Å². The number of hydrogen-bond donors (Lipinski definition) is 1. The molecule has 2 aliphatic heterocycles. The van der Waals surface area contributed by atoms with E-state index in [0.29, 0.717) is 24.4 Å². The number of rotatable bonds is 3. The number of anilines is 1. The number of carbonyl (C=O) groups is 1. The van der Waals surface area contributed by atoms with Crippen LogP contribution in [0.2, 0.25) is 0 Å². The van der Waals surface area contributed by atoms with E-state index >= 15 is 0 Å². The summed E-state index contributed by atoms with van der Waals surface area (Å²) in [4.78, 5) is 23.3. The Morgan fingerprint density at radius 3 is 2.92 bits per heavy atom. The molecular formula is C18H26N4O2. The van der Waals surface area contributed by atoms with Gasteiger partial charge in [-0.1, -0.05) is 12.8 Å². The maximum absolute atomic E-state index is 12.5. The number of likely N-dealkylation sites (tertiary alicyclic amines) is 1. The highest BCUT2D eigenvalue weighted by Crippen LogP contribution is 2.35. The Bertz CT molecular complexity index is 561. The van der Waals surface area contributed by atoms with Crippen molar-refractivity contribution in [2.75, 3.05) is 25.0 Å². The van der Waals surface area contributed by atoms with Gasteiger partial charge in [0.2, 0.25) is 5.91 Å². The Morgan fingerprint density at radius 1 is 1.25 bits per heavy atom. The van der Waals surface area contributed by atoms with Gasteiger partial charge in [-0.2, -0.15) is 0 Å². The molecule has 0 spiro atoms. The summed E-state index contributed by atoms with van der Waals surface area (Å²) in [6, 6.07) is 0.764. The van der Waals surface area contributed by atoms with Crippen molar-refractivity contribution in [2.24, 2.45) is 11.8 Å². The molecule has 1 N–H and O–H groups in total. The summed E-state index contributed by atoms with van der Waals surface area (Å²) < 4.78 is 6.04. The maximum atomic E-state index is 12.5. The molecule has 0 radical (unpaired) electrons. The van der Waals surface area contributed by atoms with E-state index in [2.05, 4.69) is 20.2 Å². The Kier molecular flexibility index (Phi) is 4.76. The van der Waals surface area contributed by atoms with Gasteiger partial charge in [0.15, 0.2) is 5.82 Å². The fourth-order valence-corrected chi connectivity index (χ4v) is 4.53. The molecule has 1 amide bonds. The van der Waals surface area contributed by atoms with Crippen LogP contribution < -0.4 is 5.32 Å². The molecule has 24 heavy (non-hydrogen) atoms.